The topological polar surface area (TPSA) is 43.1 Å². The van der Waals surface area contributed by atoms with Crippen molar-refractivity contribution >= 4 is 17.1 Å². The molecule has 0 aromatic carbocycles. The van der Waals surface area contributed by atoms with Gasteiger partial charge in [-0.05, 0) is 37.1 Å². The summed E-state index contributed by atoms with van der Waals surface area (Å²) < 4.78 is 0. The molecule has 1 aromatic rings. The number of rotatable bonds is 4. The molecule has 14 heavy (non-hydrogen) atoms. The van der Waals surface area contributed by atoms with E-state index in [2.05, 4.69) is 0 Å². The second kappa shape index (κ2) is 3.83. The molecule has 2 rings (SSSR count). The molecule has 0 amide bonds. The van der Waals surface area contributed by atoms with Crippen LogP contribution in [0, 0.1) is 12.8 Å². The van der Waals surface area contributed by atoms with Gasteiger partial charge in [-0.3, -0.25) is 4.79 Å². The Morgan fingerprint density at radius 2 is 2.43 bits per heavy atom. The van der Waals surface area contributed by atoms with Gasteiger partial charge < -0.3 is 5.73 Å². The van der Waals surface area contributed by atoms with Crippen LogP contribution in [0.15, 0.2) is 11.4 Å². The molecule has 3 heteroatoms. The average molecular weight is 209 g/mol. The van der Waals surface area contributed by atoms with Crippen LogP contribution in [0.4, 0.5) is 0 Å². The molecule has 1 heterocycles. The molecule has 1 fully saturated rings. The molecule has 76 valence electrons. The van der Waals surface area contributed by atoms with Crippen molar-refractivity contribution in [2.24, 2.45) is 11.7 Å². The number of thiophene rings is 1. The summed E-state index contributed by atoms with van der Waals surface area (Å²) in [6.45, 7) is 1.99. The number of ketones is 1. The van der Waals surface area contributed by atoms with E-state index in [9.17, 15) is 4.79 Å². The van der Waals surface area contributed by atoms with Crippen molar-refractivity contribution in [3.63, 3.8) is 0 Å². The summed E-state index contributed by atoms with van der Waals surface area (Å²) in [5.41, 5.74) is 6.79. The number of aryl methyl sites for hydroxylation is 1. The highest BCUT2D eigenvalue weighted by Gasteiger charge is 2.30. The summed E-state index contributed by atoms with van der Waals surface area (Å²) in [5, 5.41) is 1.96. The monoisotopic (exact) mass is 209 g/mol. The predicted octanol–water partition coefficient (Wildman–Crippen LogP) is 2.37. The van der Waals surface area contributed by atoms with E-state index >= 15 is 0 Å². The van der Waals surface area contributed by atoms with Crippen LogP contribution in [-0.4, -0.2) is 11.8 Å². The van der Waals surface area contributed by atoms with E-state index in [1.54, 1.807) is 11.3 Å². The molecule has 0 saturated heterocycles. The second-order valence-electron chi connectivity index (χ2n) is 4.02. The Kier molecular flexibility index (Phi) is 2.70. The molecule has 2 nitrogen and oxygen atoms in total. The maximum absolute atomic E-state index is 11.8. The zero-order valence-electron chi connectivity index (χ0n) is 8.32. The number of carbonyl (C=O) groups is 1. The van der Waals surface area contributed by atoms with Gasteiger partial charge in [-0.15, -0.1) is 11.3 Å². The van der Waals surface area contributed by atoms with Gasteiger partial charge in [-0.25, -0.2) is 0 Å². The van der Waals surface area contributed by atoms with E-state index < -0.39 is 0 Å². The number of hydrogen-bond acceptors (Lipinski definition) is 3. The fourth-order valence-electron chi connectivity index (χ4n) is 1.69. The first kappa shape index (κ1) is 9.87. The molecule has 1 aliphatic rings. The molecule has 0 radical (unpaired) electrons. The third kappa shape index (κ3) is 2.04. The molecule has 1 aromatic heterocycles. The highest BCUT2D eigenvalue weighted by atomic mass is 32.1. The Bertz CT molecular complexity index is 341. The van der Waals surface area contributed by atoms with Crippen molar-refractivity contribution in [1.29, 1.82) is 0 Å². The minimum absolute atomic E-state index is 0.0850. The van der Waals surface area contributed by atoms with Crippen molar-refractivity contribution in [2.75, 3.05) is 0 Å². The van der Waals surface area contributed by atoms with Gasteiger partial charge in [0.2, 0.25) is 0 Å². The van der Waals surface area contributed by atoms with Crippen LogP contribution in [-0.2, 0) is 0 Å². The van der Waals surface area contributed by atoms with Crippen LogP contribution >= 0.6 is 11.3 Å². The van der Waals surface area contributed by atoms with Gasteiger partial charge in [0.15, 0.2) is 5.78 Å². The molecule has 1 aliphatic carbocycles. The lowest BCUT2D eigenvalue weighted by molar-refractivity contribution is 0.0971. The molecule has 1 saturated carbocycles. The average Bonchev–Trinajstić information content (AvgIpc) is 2.89. The first-order chi connectivity index (χ1) is 6.68. The van der Waals surface area contributed by atoms with Crippen LogP contribution in [0.25, 0.3) is 0 Å². The third-order valence-electron chi connectivity index (χ3n) is 2.81. The number of hydrogen-bond donors (Lipinski definition) is 1. The number of nitrogens with two attached hydrogens (primary N) is 1. The lowest BCUT2D eigenvalue weighted by atomic mass is 10.0. The SMILES string of the molecule is Cc1sccc1C(=O)CC(N)C1CC1. The standard InChI is InChI=1S/C11H15NOS/c1-7-9(4-5-14-7)11(13)6-10(12)8-2-3-8/h4-5,8,10H,2-3,6,12H2,1H3. The maximum atomic E-state index is 11.8. The summed E-state index contributed by atoms with van der Waals surface area (Å²) in [5.74, 6) is 0.820. The zero-order valence-corrected chi connectivity index (χ0v) is 9.14. The number of carbonyl (C=O) groups excluding carboxylic acids is 1. The summed E-state index contributed by atoms with van der Waals surface area (Å²) in [6, 6.07) is 1.99. The van der Waals surface area contributed by atoms with Gasteiger partial charge >= 0.3 is 0 Å². The Morgan fingerprint density at radius 1 is 1.71 bits per heavy atom. The van der Waals surface area contributed by atoms with Crippen LogP contribution < -0.4 is 5.73 Å². The van der Waals surface area contributed by atoms with Crippen molar-refractivity contribution < 1.29 is 4.79 Å². The summed E-state index contributed by atoms with van der Waals surface area (Å²) in [6.07, 6.45) is 2.93. The second-order valence-corrected chi connectivity index (χ2v) is 5.14. The quantitative estimate of drug-likeness (QED) is 0.774. The summed E-state index contributed by atoms with van der Waals surface area (Å²) >= 11 is 1.62. The van der Waals surface area contributed by atoms with Crippen LogP contribution in [0.1, 0.15) is 34.5 Å². The molecule has 1 atom stereocenters. The Morgan fingerprint density at radius 3 is 2.93 bits per heavy atom. The first-order valence-corrected chi connectivity index (χ1v) is 5.89. The highest BCUT2D eigenvalue weighted by molar-refractivity contribution is 7.10. The van der Waals surface area contributed by atoms with Gasteiger partial charge in [0.1, 0.15) is 0 Å². The fraction of sp³-hybridized carbons (Fsp3) is 0.545. The lowest BCUT2D eigenvalue weighted by Gasteiger charge is -2.08. The highest BCUT2D eigenvalue weighted by Crippen LogP contribution is 2.33. The van der Waals surface area contributed by atoms with Gasteiger partial charge in [-0.2, -0.15) is 0 Å². The van der Waals surface area contributed by atoms with Crippen molar-refractivity contribution in [3.8, 4) is 0 Å². The Balaban J connectivity index is 1.98. The van der Waals surface area contributed by atoms with Crippen LogP contribution in [0.2, 0.25) is 0 Å². The van der Waals surface area contributed by atoms with Gasteiger partial charge in [0.05, 0.1) is 0 Å². The fourth-order valence-corrected chi connectivity index (χ4v) is 2.41. The number of Topliss-reactive ketones (excluding diaryl/α,β-unsaturated/α-hetero) is 1. The smallest absolute Gasteiger partial charge is 0.165 e. The third-order valence-corrected chi connectivity index (χ3v) is 3.65. The summed E-state index contributed by atoms with van der Waals surface area (Å²) in [7, 11) is 0. The molecular formula is C11H15NOS. The molecule has 0 bridgehead atoms. The normalized spacial score (nSPS) is 18.1. The maximum Gasteiger partial charge on any atom is 0.165 e. The largest absolute Gasteiger partial charge is 0.327 e. The first-order valence-electron chi connectivity index (χ1n) is 5.01. The Labute approximate surface area is 88.1 Å². The lowest BCUT2D eigenvalue weighted by Crippen LogP contribution is -2.25. The van der Waals surface area contributed by atoms with E-state index in [1.807, 2.05) is 18.4 Å². The van der Waals surface area contributed by atoms with E-state index in [4.69, 9.17) is 5.73 Å². The predicted molar refractivity (Wildman–Crippen MR) is 58.7 cm³/mol. The molecule has 0 spiro atoms. The van der Waals surface area contributed by atoms with Crippen molar-refractivity contribution in [2.45, 2.75) is 32.2 Å². The summed E-state index contributed by atoms with van der Waals surface area (Å²) in [4.78, 5) is 12.9. The van der Waals surface area contributed by atoms with E-state index in [0.29, 0.717) is 12.3 Å². The van der Waals surface area contributed by atoms with Crippen molar-refractivity contribution in [3.05, 3.63) is 21.9 Å². The molecule has 1 unspecified atom stereocenters. The minimum Gasteiger partial charge on any atom is -0.327 e. The van der Waals surface area contributed by atoms with E-state index in [-0.39, 0.29) is 11.8 Å². The minimum atomic E-state index is 0.0850. The van der Waals surface area contributed by atoms with E-state index in [1.165, 1.54) is 12.8 Å². The molecular weight excluding hydrogens is 194 g/mol. The van der Waals surface area contributed by atoms with Crippen LogP contribution in [0.3, 0.4) is 0 Å². The van der Waals surface area contributed by atoms with Crippen LogP contribution in [0.5, 0.6) is 0 Å². The zero-order chi connectivity index (χ0) is 10.1. The Hall–Kier alpha value is -0.670. The van der Waals surface area contributed by atoms with E-state index in [0.717, 1.165) is 10.4 Å². The van der Waals surface area contributed by atoms with Gasteiger partial charge in [0, 0.05) is 22.9 Å². The molecule has 0 aliphatic heterocycles. The van der Waals surface area contributed by atoms with Crippen molar-refractivity contribution in [1.82, 2.24) is 0 Å². The van der Waals surface area contributed by atoms with Gasteiger partial charge in [-0.1, -0.05) is 0 Å². The van der Waals surface area contributed by atoms with Gasteiger partial charge in [0.25, 0.3) is 0 Å². The molecule has 2 N–H and O–H groups in total.